The number of carbonyl (C=O) groups excluding carboxylic acids is 1. The summed E-state index contributed by atoms with van der Waals surface area (Å²) in [4.78, 5) is 12.1. The van der Waals surface area contributed by atoms with E-state index in [0.29, 0.717) is 30.0 Å². The lowest BCUT2D eigenvalue weighted by Crippen LogP contribution is -2.10. The second kappa shape index (κ2) is 8.91. The first-order chi connectivity index (χ1) is 14.6. The van der Waals surface area contributed by atoms with Crippen LogP contribution in [0.4, 0.5) is 0 Å². The maximum atomic E-state index is 12.1. The van der Waals surface area contributed by atoms with Crippen LogP contribution in [-0.2, 0) is 22.6 Å². The van der Waals surface area contributed by atoms with Gasteiger partial charge in [-0.15, -0.1) is 0 Å². The van der Waals surface area contributed by atoms with Crippen LogP contribution in [0.3, 0.4) is 0 Å². The Morgan fingerprint density at radius 2 is 1.83 bits per heavy atom. The molecule has 4 rings (SSSR count). The molecule has 5 heteroatoms. The number of hydrogen-bond acceptors (Lipinski definition) is 4. The molecule has 0 unspecified atom stereocenters. The highest BCUT2D eigenvalue weighted by atomic mass is 16.5. The van der Waals surface area contributed by atoms with Crippen LogP contribution in [0, 0.1) is 0 Å². The highest BCUT2D eigenvalue weighted by Gasteiger charge is 2.13. The molecule has 0 saturated heterocycles. The Hall–Kier alpha value is -3.47. The number of furan rings is 1. The lowest BCUT2D eigenvalue weighted by atomic mass is 9.92. The molecule has 1 aromatic heterocycles. The van der Waals surface area contributed by atoms with Crippen LogP contribution in [0.25, 0.3) is 22.1 Å². The molecule has 3 aromatic carbocycles. The van der Waals surface area contributed by atoms with Crippen LogP contribution in [0.5, 0.6) is 5.75 Å². The number of esters is 1. The number of hydrogen-bond donors (Lipinski definition) is 0. The molecule has 0 atom stereocenters. The van der Waals surface area contributed by atoms with Gasteiger partial charge in [-0.3, -0.25) is 4.79 Å². The van der Waals surface area contributed by atoms with Gasteiger partial charge in [0.1, 0.15) is 25.8 Å². The molecule has 0 aliphatic rings. The SMILES string of the molecule is [B]c1cc(COc2cc(-c3ccccc3)ccc2CC(=O)OCC)cc2ccoc12. The van der Waals surface area contributed by atoms with Crippen molar-refractivity contribution in [2.75, 3.05) is 6.61 Å². The second-order valence-electron chi connectivity index (χ2n) is 6.98. The number of benzene rings is 3. The highest BCUT2D eigenvalue weighted by molar-refractivity contribution is 6.38. The van der Waals surface area contributed by atoms with Gasteiger partial charge in [-0.2, -0.15) is 0 Å². The van der Waals surface area contributed by atoms with Crippen molar-refractivity contribution in [3.05, 3.63) is 84.1 Å². The topological polar surface area (TPSA) is 48.7 Å². The maximum absolute atomic E-state index is 12.1. The summed E-state index contributed by atoms with van der Waals surface area (Å²) < 4.78 is 16.7. The third kappa shape index (κ3) is 4.41. The summed E-state index contributed by atoms with van der Waals surface area (Å²) in [7, 11) is 6.09. The van der Waals surface area contributed by atoms with Crippen molar-refractivity contribution >= 4 is 30.2 Å². The van der Waals surface area contributed by atoms with E-state index in [9.17, 15) is 4.79 Å². The lowest BCUT2D eigenvalue weighted by Gasteiger charge is -2.14. The zero-order valence-corrected chi connectivity index (χ0v) is 16.8. The smallest absolute Gasteiger partial charge is 0.310 e. The zero-order chi connectivity index (χ0) is 20.9. The monoisotopic (exact) mass is 396 g/mol. The highest BCUT2D eigenvalue weighted by Crippen LogP contribution is 2.29. The molecule has 0 bridgehead atoms. The minimum Gasteiger partial charge on any atom is -0.489 e. The summed E-state index contributed by atoms with van der Waals surface area (Å²) in [5, 5.41) is 0.929. The van der Waals surface area contributed by atoms with Crippen molar-refractivity contribution in [2.45, 2.75) is 20.0 Å². The van der Waals surface area contributed by atoms with Crippen molar-refractivity contribution < 1.29 is 18.7 Å². The molecule has 0 saturated carbocycles. The molecule has 1 heterocycles. The normalized spacial score (nSPS) is 10.8. The van der Waals surface area contributed by atoms with E-state index in [4.69, 9.17) is 21.7 Å². The predicted molar refractivity (Wildman–Crippen MR) is 118 cm³/mol. The van der Waals surface area contributed by atoms with Gasteiger partial charge < -0.3 is 13.9 Å². The number of rotatable bonds is 7. The van der Waals surface area contributed by atoms with Crippen LogP contribution < -0.4 is 10.2 Å². The Bertz CT molecular complexity index is 1160. The average molecular weight is 396 g/mol. The Balaban J connectivity index is 1.63. The Morgan fingerprint density at radius 3 is 2.63 bits per heavy atom. The number of carbonyl (C=O) groups is 1. The van der Waals surface area contributed by atoms with Gasteiger partial charge in [-0.05, 0) is 41.8 Å². The second-order valence-corrected chi connectivity index (χ2v) is 6.98. The van der Waals surface area contributed by atoms with Gasteiger partial charge in [0.15, 0.2) is 0 Å². The standard InChI is InChI=1S/C25H21BO4/c1-2-28-24(27)15-20-9-8-19(18-6-4-3-5-7-18)14-23(20)30-16-17-12-21-10-11-29-25(21)22(26)13-17/h3-14H,2,15-16H2,1H3. The van der Waals surface area contributed by atoms with E-state index >= 15 is 0 Å². The molecule has 30 heavy (non-hydrogen) atoms. The molecular weight excluding hydrogens is 375 g/mol. The quantitative estimate of drug-likeness (QED) is 0.339. The largest absolute Gasteiger partial charge is 0.489 e. The summed E-state index contributed by atoms with van der Waals surface area (Å²) in [5.74, 6) is 0.370. The van der Waals surface area contributed by atoms with Crippen LogP contribution in [-0.4, -0.2) is 20.4 Å². The van der Waals surface area contributed by atoms with Gasteiger partial charge >= 0.3 is 5.97 Å². The van der Waals surface area contributed by atoms with Crippen molar-refractivity contribution in [3.8, 4) is 16.9 Å². The summed E-state index contributed by atoms with van der Waals surface area (Å²) >= 11 is 0. The van der Waals surface area contributed by atoms with Crippen molar-refractivity contribution in [1.29, 1.82) is 0 Å². The maximum Gasteiger partial charge on any atom is 0.310 e. The molecule has 4 nitrogen and oxygen atoms in total. The van der Waals surface area contributed by atoms with Gasteiger partial charge in [-0.25, -0.2) is 0 Å². The van der Waals surface area contributed by atoms with Gasteiger partial charge in [0.2, 0.25) is 0 Å². The molecule has 0 aliphatic carbocycles. The molecular formula is C25H21BO4. The van der Waals surface area contributed by atoms with Crippen molar-refractivity contribution in [1.82, 2.24) is 0 Å². The van der Waals surface area contributed by atoms with Crippen LogP contribution >= 0.6 is 0 Å². The fraction of sp³-hybridized carbons (Fsp3) is 0.160. The lowest BCUT2D eigenvalue weighted by molar-refractivity contribution is -0.142. The zero-order valence-electron chi connectivity index (χ0n) is 16.8. The predicted octanol–water partition coefficient (Wildman–Crippen LogP) is 4.58. The van der Waals surface area contributed by atoms with E-state index < -0.39 is 0 Å². The molecule has 4 aromatic rings. The molecule has 148 valence electrons. The van der Waals surface area contributed by atoms with E-state index in [1.54, 1.807) is 13.2 Å². The fourth-order valence-electron chi connectivity index (χ4n) is 3.43. The minimum atomic E-state index is -0.279. The average Bonchev–Trinajstić information content (AvgIpc) is 3.23. The first-order valence-electron chi connectivity index (χ1n) is 9.86. The van der Waals surface area contributed by atoms with E-state index in [2.05, 4.69) is 0 Å². The third-order valence-electron chi connectivity index (χ3n) is 4.85. The van der Waals surface area contributed by atoms with E-state index in [1.807, 2.05) is 66.7 Å². The first-order valence-corrected chi connectivity index (χ1v) is 9.86. The summed E-state index contributed by atoms with van der Waals surface area (Å²) in [6.45, 7) is 2.46. The molecule has 0 N–H and O–H groups in total. The number of ether oxygens (including phenoxy) is 2. The Morgan fingerprint density at radius 1 is 1.00 bits per heavy atom. The Kier molecular flexibility index (Phi) is 5.89. The molecule has 0 aliphatic heterocycles. The molecule has 0 fully saturated rings. The molecule has 0 amide bonds. The van der Waals surface area contributed by atoms with Crippen LogP contribution in [0.1, 0.15) is 18.1 Å². The van der Waals surface area contributed by atoms with Crippen molar-refractivity contribution in [3.63, 3.8) is 0 Å². The molecule has 0 spiro atoms. The Labute approximate surface area is 176 Å². The summed E-state index contributed by atoms with van der Waals surface area (Å²) in [5.41, 5.74) is 5.05. The van der Waals surface area contributed by atoms with Crippen LogP contribution in [0.2, 0.25) is 0 Å². The van der Waals surface area contributed by atoms with E-state index in [0.717, 1.165) is 27.6 Å². The first kappa shape index (κ1) is 19.8. The van der Waals surface area contributed by atoms with E-state index in [-0.39, 0.29) is 12.4 Å². The van der Waals surface area contributed by atoms with E-state index in [1.165, 1.54) is 0 Å². The van der Waals surface area contributed by atoms with Gasteiger partial charge in [0.05, 0.1) is 19.3 Å². The van der Waals surface area contributed by atoms with Gasteiger partial charge in [0.25, 0.3) is 0 Å². The number of fused-ring (bicyclic) bond motifs is 1. The summed E-state index contributed by atoms with van der Waals surface area (Å²) in [6, 6.07) is 21.6. The fourth-order valence-corrected chi connectivity index (χ4v) is 3.43. The van der Waals surface area contributed by atoms with Gasteiger partial charge in [0, 0.05) is 10.9 Å². The third-order valence-corrected chi connectivity index (χ3v) is 4.85. The van der Waals surface area contributed by atoms with Crippen molar-refractivity contribution in [2.24, 2.45) is 0 Å². The summed E-state index contributed by atoms with van der Waals surface area (Å²) in [6.07, 6.45) is 1.77. The van der Waals surface area contributed by atoms with Crippen LogP contribution in [0.15, 0.2) is 77.4 Å². The van der Waals surface area contributed by atoms with Gasteiger partial charge in [-0.1, -0.05) is 54.0 Å². The minimum absolute atomic E-state index is 0.154. The molecule has 2 radical (unpaired) electrons.